The van der Waals surface area contributed by atoms with Gasteiger partial charge in [0.2, 0.25) is 0 Å². The molecular formula is C14H18BrClO4S. The highest BCUT2D eigenvalue weighted by atomic mass is 79.9. The van der Waals surface area contributed by atoms with Crippen LogP contribution in [0.15, 0.2) is 21.5 Å². The summed E-state index contributed by atoms with van der Waals surface area (Å²) in [4.78, 5) is 12.0. The van der Waals surface area contributed by atoms with Gasteiger partial charge in [0.15, 0.2) is 0 Å². The normalized spacial score (nSPS) is 13.0. The monoisotopic (exact) mass is 396 g/mol. The standard InChI is InChI=1S/C14H18BrClO4S/c1-4-5-9(2)8-20-14(17)12-6-11(21(16,18)19)7-13(15)10(12)3/h6-7,9H,4-5,8H2,1-3H3. The predicted molar refractivity (Wildman–Crippen MR) is 86.3 cm³/mol. The maximum absolute atomic E-state index is 12.1. The molecule has 0 saturated heterocycles. The van der Waals surface area contributed by atoms with Crippen LogP contribution in [0.4, 0.5) is 0 Å². The van der Waals surface area contributed by atoms with Crippen molar-refractivity contribution < 1.29 is 17.9 Å². The fraction of sp³-hybridized carbons (Fsp3) is 0.500. The third kappa shape index (κ3) is 5.27. The second kappa shape index (κ2) is 7.61. The van der Waals surface area contributed by atoms with E-state index in [4.69, 9.17) is 15.4 Å². The van der Waals surface area contributed by atoms with Crippen molar-refractivity contribution in [3.05, 3.63) is 27.7 Å². The van der Waals surface area contributed by atoms with Gasteiger partial charge < -0.3 is 4.74 Å². The van der Waals surface area contributed by atoms with Crippen LogP contribution in [0.2, 0.25) is 0 Å². The topological polar surface area (TPSA) is 60.4 Å². The molecule has 0 saturated carbocycles. The molecule has 0 fully saturated rings. The lowest BCUT2D eigenvalue weighted by molar-refractivity contribution is 0.0442. The van der Waals surface area contributed by atoms with E-state index in [-0.39, 0.29) is 16.4 Å². The number of carbonyl (C=O) groups is 1. The molecule has 118 valence electrons. The molecular weight excluding hydrogens is 380 g/mol. The molecule has 0 radical (unpaired) electrons. The van der Waals surface area contributed by atoms with E-state index in [1.54, 1.807) is 6.92 Å². The highest BCUT2D eigenvalue weighted by Crippen LogP contribution is 2.27. The summed E-state index contributed by atoms with van der Waals surface area (Å²) in [6.07, 6.45) is 1.98. The van der Waals surface area contributed by atoms with E-state index in [9.17, 15) is 13.2 Å². The molecule has 1 unspecified atom stereocenters. The minimum atomic E-state index is -3.90. The van der Waals surface area contributed by atoms with Crippen molar-refractivity contribution in [3.63, 3.8) is 0 Å². The molecule has 0 aliphatic rings. The molecule has 21 heavy (non-hydrogen) atoms. The van der Waals surface area contributed by atoms with Crippen LogP contribution >= 0.6 is 26.6 Å². The summed E-state index contributed by atoms with van der Waals surface area (Å²) in [6.45, 7) is 6.08. The number of benzene rings is 1. The maximum Gasteiger partial charge on any atom is 0.338 e. The Bertz CT molecular complexity index is 628. The van der Waals surface area contributed by atoms with E-state index in [1.165, 1.54) is 12.1 Å². The second-order valence-electron chi connectivity index (χ2n) is 5.01. The summed E-state index contributed by atoms with van der Waals surface area (Å²) in [5, 5.41) is 0. The Hall–Kier alpha value is -0.590. The quantitative estimate of drug-likeness (QED) is 0.531. The van der Waals surface area contributed by atoms with Gasteiger partial charge in [-0.1, -0.05) is 36.2 Å². The number of carbonyl (C=O) groups excluding carboxylic acids is 1. The van der Waals surface area contributed by atoms with Crippen LogP contribution in [0, 0.1) is 12.8 Å². The lowest BCUT2D eigenvalue weighted by Crippen LogP contribution is -2.14. The zero-order valence-electron chi connectivity index (χ0n) is 12.2. The summed E-state index contributed by atoms with van der Waals surface area (Å²) in [6, 6.07) is 2.61. The fourth-order valence-electron chi connectivity index (χ4n) is 1.88. The van der Waals surface area contributed by atoms with Crippen LogP contribution in [0.25, 0.3) is 0 Å². The van der Waals surface area contributed by atoms with Gasteiger partial charge in [0.05, 0.1) is 17.1 Å². The number of esters is 1. The van der Waals surface area contributed by atoms with E-state index in [0.717, 1.165) is 12.8 Å². The molecule has 1 aromatic rings. The number of hydrogen-bond donors (Lipinski definition) is 0. The summed E-state index contributed by atoms with van der Waals surface area (Å²) in [7, 11) is 1.42. The zero-order valence-corrected chi connectivity index (χ0v) is 15.3. The van der Waals surface area contributed by atoms with Gasteiger partial charge in [-0.25, -0.2) is 13.2 Å². The molecule has 0 spiro atoms. The first-order valence-corrected chi connectivity index (χ1v) is 9.69. The Kier molecular flexibility index (Phi) is 6.69. The van der Waals surface area contributed by atoms with Crippen molar-refractivity contribution in [2.45, 2.75) is 38.5 Å². The van der Waals surface area contributed by atoms with Crippen LogP contribution in [0.5, 0.6) is 0 Å². The molecule has 7 heteroatoms. The minimum Gasteiger partial charge on any atom is -0.462 e. The lowest BCUT2D eigenvalue weighted by Gasteiger charge is -2.13. The van der Waals surface area contributed by atoms with Crippen molar-refractivity contribution in [1.29, 1.82) is 0 Å². The Morgan fingerprint density at radius 2 is 2.05 bits per heavy atom. The zero-order chi connectivity index (χ0) is 16.2. The number of halogens is 2. The first kappa shape index (κ1) is 18.5. The van der Waals surface area contributed by atoms with E-state index in [0.29, 0.717) is 16.6 Å². The van der Waals surface area contributed by atoms with Crippen LogP contribution in [0.1, 0.15) is 42.6 Å². The summed E-state index contributed by atoms with van der Waals surface area (Å²) >= 11 is 3.23. The van der Waals surface area contributed by atoms with Gasteiger partial charge in [-0.3, -0.25) is 0 Å². The number of hydrogen-bond acceptors (Lipinski definition) is 4. The highest BCUT2D eigenvalue weighted by molar-refractivity contribution is 9.10. The molecule has 0 aliphatic carbocycles. The van der Waals surface area contributed by atoms with Crippen molar-refractivity contribution in [3.8, 4) is 0 Å². The van der Waals surface area contributed by atoms with Crippen molar-refractivity contribution in [1.82, 2.24) is 0 Å². The number of rotatable bonds is 6. The average molecular weight is 398 g/mol. The Morgan fingerprint density at radius 3 is 2.57 bits per heavy atom. The second-order valence-corrected chi connectivity index (χ2v) is 8.43. The number of ether oxygens (including phenoxy) is 1. The highest BCUT2D eigenvalue weighted by Gasteiger charge is 2.20. The van der Waals surface area contributed by atoms with Crippen LogP contribution in [-0.4, -0.2) is 21.0 Å². The van der Waals surface area contributed by atoms with Gasteiger partial charge >= 0.3 is 5.97 Å². The van der Waals surface area contributed by atoms with Gasteiger partial charge in [-0.05, 0) is 37.0 Å². The fourth-order valence-corrected chi connectivity index (χ4v) is 3.27. The molecule has 0 amide bonds. The molecule has 1 aromatic carbocycles. The van der Waals surface area contributed by atoms with Crippen LogP contribution < -0.4 is 0 Å². The Balaban J connectivity index is 3.01. The third-order valence-corrected chi connectivity index (χ3v) is 5.26. The summed E-state index contributed by atoms with van der Waals surface area (Å²) in [5.41, 5.74) is 0.819. The third-order valence-electron chi connectivity index (χ3n) is 3.10. The van der Waals surface area contributed by atoms with Crippen molar-refractivity contribution in [2.24, 2.45) is 5.92 Å². The van der Waals surface area contributed by atoms with Gasteiger partial charge in [0.25, 0.3) is 9.05 Å². The molecule has 0 bridgehead atoms. The Morgan fingerprint density at radius 1 is 1.43 bits per heavy atom. The van der Waals surface area contributed by atoms with Gasteiger partial charge in [0, 0.05) is 15.2 Å². The van der Waals surface area contributed by atoms with E-state index in [2.05, 4.69) is 22.9 Å². The first-order chi connectivity index (χ1) is 9.66. The molecule has 1 atom stereocenters. The lowest BCUT2D eigenvalue weighted by atomic mass is 10.1. The summed E-state index contributed by atoms with van der Waals surface area (Å²) in [5.74, 6) is -0.277. The van der Waals surface area contributed by atoms with Crippen LogP contribution in [0.3, 0.4) is 0 Å². The van der Waals surface area contributed by atoms with Gasteiger partial charge in [-0.15, -0.1) is 0 Å². The molecule has 0 heterocycles. The van der Waals surface area contributed by atoms with Crippen molar-refractivity contribution >= 4 is 41.6 Å². The Labute approximate surface area is 138 Å². The smallest absolute Gasteiger partial charge is 0.338 e. The molecule has 0 aliphatic heterocycles. The van der Waals surface area contributed by atoms with E-state index < -0.39 is 15.0 Å². The molecule has 1 rings (SSSR count). The van der Waals surface area contributed by atoms with Crippen molar-refractivity contribution in [2.75, 3.05) is 6.61 Å². The van der Waals surface area contributed by atoms with Gasteiger partial charge in [-0.2, -0.15) is 0 Å². The summed E-state index contributed by atoms with van der Waals surface area (Å²) < 4.78 is 28.6. The predicted octanol–water partition coefficient (Wildman–Crippen LogP) is 4.28. The SMILES string of the molecule is CCCC(C)COC(=O)c1cc(S(=O)(=O)Cl)cc(Br)c1C. The van der Waals surface area contributed by atoms with Crippen LogP contribution in [-0.2, 0) is 13.8 Å². The molecule has 0 aromatic heterocycles. The molecule has 0 N–H and O–H groups in total. The first-order valence-electron chi connectivity index (χ1n) is 6.58. The molecule has 4 nitrogen and oxygen atoms in total. The maximum atomic E-state index is 12.1. The van der Waals surface area contributed by atoms with Gasteiger partial charge in [0.1, 0.15) is 0 Å². The largest absolute Gasteiger partial charge is 0.462 e. The average Bonchev–Trinajstić information content (AvgIpc) is 2.38. The van der Waals surface area contributed by atoms with E-state index >= 15 is 0 Å². The van der Waals surface area contributed by atoms with E-state index in [1.807, 2.05) is 6.92 Å². The minimum absolute atomic E-state index is 0.129.